The number of benzene rings is 2. The van der Waals surface area contributed by atoms with Crippen LogP contribution in [0.15, 0.2) is 47.1 Å². The third kappa shape index (κ3) is 4.25. The van der Waals surface area contributed by atoms with Crippen molar-refractivity contribution in [2.75, 3.05) is 5.32 Å². The van der Waals surface area contributed by atoms with Crippen LogP contribution in [0.2, 0.25) is 0 Å². The summed E-state index contributed by atoms with van der Waals surface area (Å²) in [4.78, 5) is 24.8. The van der Waals surface area contributed by atoms with Crippen LogP contribution >= 0.6 is 0 Å². The van der Waals surface area contributed by atoms with Crippen LogP contribution in [0, 0.1) is 13.8 Å². The zero-order valence-electron chi connectivity index (χ0n) is 16.7. The second-order valence-corrected chi connectivity index (χ2v) is 7.01. The van der Waals surface area contributed by atoms with E-state index >= 15 is 0 Å². The summed E-state index contributed by atoms with van der Waals surface area (Å²) in [5.74, 6) is -0.818. The molecule has 0 aliphatic heterocycles. The predicted octanol–water partition coefficient (Wildman–Crippen LogP) is 4.72. The Bertz CT molecular complexity index is 998. The average molecular weight is 379 g/mol. The molecule has 0 unspecified atom stereocenters. The van der Waals surface area contributed by atoms with Crippen molar-refractivity contribution in [2.24, 2.45) is 0 Å². The quantitative estimate of drug-likeness (QED) is 0.629. The van der Waals surface area contributed by atoms with Gasteiger partial charge in [-0.15, -0.1) is 0 Å². The first kappa shape index (κ1) is 19.7. The summed E-state index contributed by atoms with van der Waals surface area (Å²) in [7, 11) is 0. The molecule has 146 valence electrons. The fourth-order valence-electron chi connectivity index (χ4n) is 3.17. The largest absolute Gasteiger partial charge is 0.464 e. The van der Waals surface area contributed by atoms with Crippen molar-refractivity contribution in [3.8, 4) is 0 Å². The smallest absolute Gasteiger partial charge is 0.311 e. The Kier molecular flexibility index (Phi) is 5.83. The standard InChI is InChI=1S/C23H25NO4/c1-5-17-9-10-19-18(13-27-20(19)11-17)12-21(25)28-16(4)23(26)24-22-14(2)7-6-8-15(22)3/h6-11,13,16H,5,12H2,1-4H3,(H,24,26)/t16-/m1/s1. The van der Waals surface area contributed by atoms with Gasteiger partial charge < -0.3 is 14.5 Å². The first-order valence-electron chi connectivity index (χ1n) is 9.44. The fraction of sp³-hybridized carbons (Fsp3) is 0.304. The second-order valence-electron chi connectivity index (χ2n) is 7.01. The van der Waals surface area contributed by atoms with E-state index in [2.05, 4.69) is 12.2 Å². The van der Waals surface area contributed by atoms with Gasteiger partial charge in [-0.3, -0.25) is 9.59 Å². The Balaban J connectivity index is 1.63. The van der Waals surface area contributed by atoms with Gasteiger partial charge in [-0.25, -0.2) is 0 Å². The first-order valence-corrected chi connectivity index (χ1v) is 9.44. The van der Waals surface area contributed by atoms with Crippen molar-refractivity contribution >= 4 is 28.5 Å². The molecule has 1 atom stereocenters. The number of fused-ring (bicyclic) bond motifs is 1. The molecule has 28 heavy (non-hydrogen) atoms. The van der Waals surface area contributed by atoms with Crippen LogP contribution in [-0.2, 0) is 27.2 Å². The molecular formula is C23H25NO4. The summed E-state index contributed by atoms with van der Waals surface area (Å²) in [6.07, 6.45) is 1.66. The average Bonchev–Trinajstić information content (AvgIpc) is 3.06. The Morgan fingerprint density at radius 3 is 2.54 bits per heavy atom. The van der Waals surface area contributed by atoms with Gasteiger partial charge in [-0.2, -0.15) is 0 Å². The van der Waals surface area contributed by atoms with Crippen LogP contribution in [0.3, 0.4) is 0 Å². The van der Waals surface area contributed by atoms with Crippen LogP contribution in [0.5, 0.6) is 0 Å². The summed E-state index contributed by atoms with van der Waals surface area (Å²) < 4.78 is 10.9. The fourth-order valence-corrected chi connectivity index (χ4v) is 3.17. The highest BCUT2D eigenvalue weighted by molar-refractivity contribution is 5.96. The van der Waals surface area contributed by atoms with Crippen molar-refractivity contribution in [2.45, 2.75) is 46.6 Å². The van der Waals surface area contributed by atoms with Gasteiger partial charge in [0.15, 0.2) is 6.10 Å². The number of carbonyl (C=O) groups excluding carboxylic acids is 2. The van der Waals surface area contributed by atoms with E-state index in [4.69, 9.17) is 9.15 Å². The number of rotatable bonds is 6. The molecule has 2 aromatic carbocycles. The molecule has 1 aromatic heterocycles. The molecule has 0 aliphatic rings. The Hall–Kier alpha value is -3.08. The molecule has 0 aliphatic carbocycles. The maximum atomic E-state index is 12.4. The number of hydrogen-bond donors (Lipinski definition) is 1. The van der Waals surface area contributed by atoms with Crippen LogP contribution in [0.25, 0.3) is 11.0 Å². The molecule has 0 spiro atoms. The molecule has 5 nitrogen and oxygen atoms in total. The third-order valence-corrected chi connectivity index (χ3v) is 4.87. The predicted molar refractivity (Wildman–Crippen MR) is 109 cm³/mol. The third-order valence-electron chi connectivity index (χ3n) is 4.87. The van der Waals surface area contributed by atoms with Gasteiger partial charge in [-0.1, -0.05) is 37.3 Å². The summed E-state index contributed by atoms with van der Waals surface area (Å²) in [5, 5.41) is 3.74. The van der Waals surface area contributed by atoms with Crippen molar-refractivity contribution in [3.05, 3.63) is 64.9 Å². The lowest BCUT2D eigenvalue weighted by Gasteiger charge is -2.16. The van der Waals surface area contributed by atoms with Gasteiger partial charge in [-0.05, 0) is 49.9 Å². The molecule has 3 rings (SSSR count). The molecule has 5 heteroatoms. The number of ether oxygens (including phenoxy) is 1. The number of hydrogen-bond acceptors (Lipinski definition) is 4. The van der Waals surface area contributed by atoms with Gasteiger partial charge in [0, 0.05) is 16.6 Å². The van der Waals surface area contributed by atoms with E-state index in [1.807, 2.05) is 50.2 Å². The molecule has 0 saturated carbocycles. The van der Waals surface area contributed by atoms with Gasteiger partial charge >= 0.3 is 5.97 Å². The molecule has 0 saturated heterocycles. The van der Waals surface area contributed by atoms with Gasteiger partial charge in [0.25, 0.3) is 5.91 Å². The number of furan rings is 1. The SMILES string of the molecule is CCc1ccc2c(CC(=O)O[C@H](C)C(=O)Nc3c(C)cccc3C)coc2c1. The number of amides is 1. The number of nitrogens with one attached hydrogen (secondary N) is 1. The highest BCUT2D eigenvalue weighted by Gasteiger charge is 2.20. The highest BCUT2D eigenvalue weighted by atomic mass is 16.5. The minimum absolute atomic E-state index is 0.0550. The van der Waals surface area contributed by atoms with Gasteiger partial charge in [0.05, 0.1) is 12.7 Å². The molecular weight excluding hydrogens is 354 g/mol. The number of carbonyl (C=O) groups is 2. The van der Waals surface area contributed by atoms with Gasteiger partial charge in [0.1, 0.15) is 5.58 Å². The molecule has 0 fully saturated rings. The van der Waals surface area contributed by atoms with E-state index < -0.39 is 12.1 Å². The minimum atomic E-state index is -0.892. The highest BCUT2D eigenvalue weighted by Crippen LogP contribution is 2.24. The van der Waals surface area contributed by atoms with Gasteiger partial charge in [0.2, 0.25) is 0 Å². The number of para-hydroxylation sites is 1. The van der Waals surface area contributed by atoms with Crippen molar-refractivity contribution in [1.82, 2.24) is 0 Å². The van der Waals surface area contributed by atoms with E-state index in [1.54, 1.807) is 13.2 Å². The Morgan fingerprint density at radius 1 is 1.14 bits per heavy atom. The molecule has 1 amide bonds. The van der Waals surface area contributed by atoms with Crippen molar-refractivity contribution < 1.29 is 18.7 Å². The lowest BCUT2D eigenvalue weighted by atomic mass is 10.1. The maximum Gasteiger partial charge on any atom is 0.311 e. The Morgan fingerprint density at radius 2 is 1.86 bits per heavy atom. The lowest BCUT2D eigenvalue weighted by molar-refractivity contribution is -0.152. The van der Waals surface area contributed by atoms with Crippen LogP contribution in [0.1, 0.15) is 36.1 Å². The minimum Gasteiger partial charge on any atom is -0.464 e. The Labute approximate surface area is 164 Å². The number of anilines is 1. The van der Waals surface area contributed by atoms with E-state index in [1.165, 1.54) is 5.56 Å². The van der Waals surface area contributed by atoms with Crippen LogP contribution < -0.4 is 5.32 Å². The van der Waals surface area contributed by atoms with E-state index in [0.717, 1.165) is 39.8 Å². The zero-order valence-corrected chi connectivity index (χ0v) is 16.7. The molecule has 0 bridgehead atoms. The molecule has 1 heterocycles. The molecule has 1 N–H and O–H groups in total. The topological polar surface area (TPSA) is 68.5 Å². The summed E-state index contributed by atoms with van der Waals surface area (Å²) in [5.41, 5.74) is 5.36. The lowest BCUT2D eigenvalue weighted by Crippen LogP contribution is -2.31. The maximum absolute atomic E-state index is 12.4. The summed E-state index contributed by atoms with van der Waals surface area (Å²) in [6, 6.07) is 11.7. The number of esters is 1. The summed E-state index contributed by atoms with van der Waals surface area (Å²) >= 11 is 0. The van der Waals surface area contributed by atoms with Crippen LogP contribution in [-0.4, -0.2) is 18.0 Å². The van der Waals surface area contributed by atoms with E-state index in [-0.39, 0.29) is 12.3 Å². The van der Waals surface area contributed by atoms with Crippen molar-refractivity contribution in [1.29, 1.82) is 0 Å². The molecule has 0 radical (unpaired) electrons. The summed E-state index contributed by atoms with van der Waals surface area (Å²) in [6.45, 7) is 7.50. The normalized spacial score (nSPS) is 12.0. The molecule has 3 aromatic rings. The van der Waals surface area contributed by atoms with Crippen molar-refractivity contribution in [3.63, 3.8) is 0 Å². The monoisotopic (exact) mass is 379 g/mol. The number of aryl methyl sites for hydroxylation is 3. The second kappa shape index (κ2) is 8.30. The van der Waals surface area contributed by atoms with E-state index in [0.29, 0.717) is 0 Å². The zero-order chi connectivity index (χ0) is 20.3. The van der Waals surface area contributed by atoms with E-state index in [9.17, 15) is 9.59 Å². The first-order chi connectivity index (χ1) is 13.4. The van der Waals surface area contributed by atoms with Crippen LogP contribution in [0.4, 0.5) is 5.69 Å².